The van der Waals surface area contributed by atoms with Crippen molar-refractivity contribution < 1.29 is 14.1 Å². The lowest BCUT2D eigenvalue weighted by Gasteiger charge is -2.43. The summed E-state index contributed by atoms with van der Waals surface area (Å²) in [6, 6.07) is 26.6. The van der Waals surface area contributed by atoms with Crippen molar-refractivity contribution in [2.75, 3.05) is 39.9 Å². The number of unbranched alkanes of at least 4 members (excludes halogenated alkanes) is 3. The van der Waals surface area contributed by atoms with E-state index >= 15 is 0 Å². The van der Waals surface area contributed by atoms with E-state index in [1.54, 1.807) is 12.1 Å². The highest BCUT2D eigenvalue weighted by Crippen LogP contribution is 2.37. The third kappa shape index (κ3) is 7.63. The van der Waals surface area contributed by atoms with E-state index in [0.29, 0.717) is 19.0 Å². The van der Waals surface area contributed by atoms with E-state index in [4.69, 9.17) is 9.16 Å². The normalized spacial score (nSPS) is 16.4. The van der Waals surface area contributed by atoms with Gasteiger partial charge in [-0.15, -0.1) is 0 Å². The number of ether oxygens (including phenoxy) is 1. The Kier molecular flexibility index (Phi) is 10.7. The van der Waals surface area contributed by atoms with Crippen molar-refractivity contribution in [3.63, 3.8) is 0 Å². The summed E-state index contributed by atoms with van der Waals surface area (Å²) in [5.74, 6) is 0.613. The van der Waals surface area contributed by atoms with Crippen LogP contribution in [0, 0.1) is 10.1 Å². The third-order valence-electron chi connectivity index (χ3n) is 7.99. The van der Waals surface area contributed by atoms with E-state index in [1.165, 1.54) is 10.4 Å². The van der Waals surface area contributed by atoms with Crippen LogP contribution < -0.4 is 20.4 Å². The quantitative estimate of drug-likeness (QED) is 0.122. The van der Waals surface area contributed by atoms with Crippen LogP contribution in [0.1, 0.15) is 58.1 Å². The Hall–Kier alpha value is -3.04. The fraction of sp³-hybridized carbons (Fsp3) is 0.455. The first-order valence-corrected chi connectivity index (χ1v) is 16.7. The van der Waals surface area contributed by atoms with E-state index in [9.17, 15) is 10.1 Å². The van der Waals surface area contributed by atoms with Gasteiger partial charge in [0.05, 0.1) is 17.6 Å². The van der Waals surface area contributed by atoms with Crippen molar-refractivity contribution in [2.24, 2.45) is 0 Å². The number of nitro benzene ring substituents is 1. The molecular formula is C33H45N3O4Si. The number of rotatable bonds is 13. The molecule has 0 spiro atoms. The fourth-order valence-electron chi connectivity index (χ4n) is 5.88. The second-order valence-electron chi connectivity index (χ2n) is 12.0. The zero-order valence-corrected chi connectivity index (χ0v) is 26.0. The van der Waals surface area contributed by atoms with E-state index in [-0.39, 0.29) is 21.7 Å². The van der Waals surface area contributed by atoms with Crippen LogP contribution in [-0.4, -0.2) is 58.0 Å². The summed E-state index contributed by atoms with van der Waals surface area (Å²) in [6.45, 7) is 10.9. The van der Waals surface area contributed by atoms with E-state index in [0.717, 1.165) is 50.9 Å². The summed E-state index contributed by atoms with van der Waals surface area (Å²) in [4.78, 5) is 13.3. The van der Waals surface area contributed by atoms with E-state index in [2.05, 4.69) is 98.7 Å². The average molecular weight is 576 g/mol. The summed E-state index contributed by atoms with van der Waals surface area (Å²) in [6.07, 6.45) is 3.92. The maximum absolute atomic E-state index is 11.4. The molecule has 1 aliphatic heterocycles. The Morgan fingerprint density at radius 3 is 2.10 bits per heavy atom. The molecule has 7 nitrogen and oxygen atoms in total. The summed E-state index contributed by atoms with van der Waals surface area (Å²) in [5.41, 5.74) is 1.05. The Labute approximate surface area is 246 Å². The van der Waals surface area contributed by atoms with Crippen LogP contribution in [-0.2, 0) is 4.43 Å². The number of non-ortho nitro benzene ring substituents is 1. The van der Waals surface area contributed by atoms with Gasteiger partial charge >= 0.3 is 0 Å². The number of piperazine rings is 1. The van der Waals surface area contributed by atoms with Crippen molar-refractivity contribution in [3.8, 4) is 5.75 Å². The molecule has 0 aromatic heterocycles. The van der Waals surface area contributed by atoms with Gasteiger partial charge in [-0.25, -0.2) is 0 Å². The highest BCUT2D eigenvalue weighted by atomic mass is 28.4. The molecule has 0 amide bonds. The molecule has 8 heteroatoms. The van der Waals surface area contributed by atoms with Gasteiger partial charge in [-0.3, -0.25) is 10.1 Å². The van der Waals surface area contributed by atoms with Crippen LogP contribution in [0.15, 0.2) is 78.9 Å². The maximum Gasteiger partial charge on any atom is 0.273 e. The summed E-state index contributed by atoms with van der Waals surface area (Å²) >= 11 is 0. The molecule has 0 saturated carbocycles. The predicted molar refractivity (Wildman–Crippen MR) is 169 cm³/mol. The van der Waals surface area contributed by atoms with Gasteiger partial charge in [0.1, 0.15) is 5.75 Å². The Morgan fingerprint density at radius 2 is 1.54 bits per heavy atom. The van der Waals surface area contributed by atoms with Crippen molar-refractivity contribution in [3.05, 3.63) is 94.5 Å². The summed E-state index contributed by atoms with van der Waals surface area (Å²) < 4.78 is 13.2. The van der Waals surface area contributed by atoms with Crippen LogP contribution in [0.5, 0.6) is 5.75 Å². The molecule has 1 aliphatic rings. The Bertz CT molecular complexity index is 1210. The average Bonchev–Trinajstić information content (AvgIpc) is 2.96. The lowest BCUT2D eigenvalue weighted by atomic mass is 10.0. The van der Waals surface area contributed by atoms with Gasteiger partial charge in [0.25, 0.3) is 14.0 Å². The molecule has 220 valence electrons. The van der Waals surface area contributed by atoms with Crippen LogP contribution in [0.2, 0.25) is 5.04 Å². The number of likely N-dealkylation sites (N-methyl/N-ethyl adjacent to an activating group) is 1. The second kappa shape index (κ2) is 14.2. The van der Waals surface area contributed by atoms with Gasteiger partial charge < -0.3 is 19.4 Å². The number of hydrogen-bond donors (Lipinski definition) is 1. The summed E-state index contributed by atoms with van der Waals surface area (Å²) in [5, 5.41) is 17.5. The molecule has 1 fully saturated rings. The zero-order chi connectivity index (χ0) is 29.3. The monoisotopic (exact) mass is 575 g/mol. The molecule has 3 aromatic carbocycles. The molecule has 3 aromatic rings. The SMILES string of the molecule is CN1CCNC(c2ccc([N+](=O)[O-])cc2OCCCCCCO[Si](c2ccccc2)(c2ccccc2)C(C)(C)C)C1. The van der Waals surface area contributed by atoms with Crippen molar-refractivity contribution in [1.29, 1.82) is 0 Å². The van der Waals surface area contributed by atoms with Gasteiger partial charge in [-0.05, 0) is 47.8 Å². The molecule has 0 radical (unpaired) electrons. The Morgan fingerprint density at radius 1 is 0.927 bits per heavy atom. The number of nitrogens with zero attached hydrogens (tertiary/aromatic N) is 2. The van der Waals surface area contributed by atoms with Crippen molar-refractivity contribution in [2.45, 2.75) is 57.5 Å². The maximum atomic E-state index is 11.4. The number of nitro groups is 1. The topological polar surface area (TPSA) is 76.9 Å². The number of hydrogen-bond acceptors (Lipinski definition) is 6. The van der Waals surface area contributed by atoms with Gasteiger partial charge in [0, 0.05) is 43.9 Å². The van der Waals surface area contributed by atoms with Gasteiger partial charge in [-0.2, -0.15) is 0 Å². The molecule has 4 rings (SSSR count). The minimum atomic E-state index is -2.50. The zero-order valence-electron chi connectivity index (χ0n) is 25.0. The highest BCUT2D eigenvalue weighted by molar-refractivity contribution is 6.99. The standard InChI is InChI=1S/C33H45N3O4Si/c1-33(2,3)41(28-15-9-7-10-16-28,29-17-11-8-12-18-29)40-24-14-6-5-13-23-39-32-25-27(36(37)38)19-20-30(32)31-26-35(4)22-21-34-31/h7-12,15-20,25,31,34H,5-6,13-14,21-24,26H2,1-4H3. The minimum absolute atomic E-state index is 0.0262. The molecule has 1 saturated heterocycles. The largest absolute Gasteiger partial charge is 0.493 e. The summed E-state index contributed by atoms with van der Waals surface area (Å²) in [7, 11) is -0.406. The molecular weight excluding hydrogens is 530 g/mol. The van der Waals surface area contributed by atoms with E-state index < -0.39 is 8.32 Å². The molecule has 1 atom stereocenters. The number of nitrogens with one attached hydrogen (secondary N) is 1. The van der Waals surface area contributed by atoms with E-state index in [1.807, 2.05) is 6.07 Å². The molecule has 41 heavy (non-hydrogen) atoms. The molecule has 0 bridgehead atoms. The van der Waals surface area contributed by atoms with Gasteiger partial charge in [0.15, 0.2) is 0 Å². The lowest BCUT2D eigenvalue weighted by molar-refractivity contribution is -0.385. The molecule has 1 N–H and O–H groups in total. The first-order valence-electron chi connectivity index (χ1n) is 14.8. The molecule has 1 heterocycles. The molecule has 0 aliphatic carbocycles. The van der Waals surface area contributed by atoms with Crippen LogP contribution in [0.25, 0.3) is 0 Å². The van der Waals surface area contributed by atoms with Crippen molar-refractivity contribution >= 4 is 24.4 Å². The smallest absolute Gasteiger partial charge is 0.273 e. The third-order valence-corrected chi connectivity index (χ3v) is 13.0. The van der Waals surface area contributed by atoms with Crippen molar-refractivity contribution in [1.82, 2.24) is 10.2 Å². The van der Waals surface area contributed by atoms with Crippen LogP contribution >= 0.6 is 0 Å². The van der Waals surface area contributed by atoms with Crippen LogP contribution in [0.4, 0.5) is 5.69 Å². The first-order chi connectivity index (χ1) is 19.7. The number of benzene rings is 3. The lowest BCUT2D eigenvalue weighted by Crippen LogP contribution is -2.66. The predicted octanol–water partition coefficient (Wildman–Crippen LogP) is 5.69. The Balaban J connectivity index is 1.33. The molecule has 1 unspecified atom stereocenters. The second-order valence-corrected chi connectivity index (χ2v) is 16.3. The van der Waals surface area contributed by atoms with Crippen LogP contribution in [0.3, 0.4) is 0 Å². The van der Waals surface area contributed by atoms with Gasteiger partial charge in [-0.1, -0.05) is 87.9 Å². The fourth-order valence-corrected chi connectivity index (χ4v) is 10.5. The first kappa shape index (κ1) is 30.9. The minimum Gasteiger partial charge on any atom is -0.493 e. The highest BCUT2D eigenvalue weighted by Gasteiger charge is 2.49. The van der Waals surface area contributed by atoms with Gasteiger partial charge in [0.2, 0.25) is 0 Å².